The molecule has 0 saturated heterocycles. The van der Waals surface area contributed by atoms with Gasteiger partial charge in [-0.25, -0.2) is 4.68 Å². The Bertz CT molecular complexity index is 1080. The Morgan fingerprint density at radius 3 is 2.61 bits per heavy atom. The molecule has 160 valence electrons. The molecule has 1 aromatic heterocycles. The van der Waals surface area contributed by atoms with Crippen LogP contribution < -0.4 is 20.3 Å². The Morgan fingerprint density at radius 2 is 1.97 bits per heavy atom. The van der Waals surface area contributed by atoms with Gasteiger partial charge in [0.25, 0.3) is 11.8 Å². The topological polar surface area (TPSA) is 120 Å². The van der Waals surface area contributed by atoms with Crippen molar-refractivity contribution in [1.82, 2.24) is 31.1 Å². The molecule has 31 heavy (non-hydrogen) atoms. The van der Waals surface area contributed by atoms with Crippen LogP contribution in [0, 0.1) is 0 Å². The van der Waals surface area contributed by atoms with Crippen molar-refractivity contribution in [1.29, 1.82) is 0 Å². The Hall–Kier alpha value is -3.92. The summed E-state index contributed by atoms with van der Waals surface area (Å²) >= 11 is 6.19. The molecule has 10 nitrogen and oxygen atoms in total. The maximum Gasteiger partial charge on any atom is 0.269 e. The van der Waals surface area contributed by atoms with Crippen LogP contribution >= 0.6 is 11.6 Å². The van der Waals surface area contributed by atoms with Crippen molar-refractivity contribution in [3.05, 3.63) is 65.0 Å². The van der Waals surface area contributed by atoms with E-state index in [4.69, 9.17) is 21.1 Å². The Balaban J connectivity index is 1.58. The highest BCUT2D eigenvalue weighted by atomic mass is 35.5. The van der Waals surface area contributed by atoms with Crippen molar-refractivity contribution in [2.24, 2.45) is 0 Å². The second-order valence-electron chi connectivity index (χ2n) is 6.05. The number of halogens is 1. The van der Waals surface area contributed by atoms with E-state index in [-0.39, 0.29) is 0 Å². The fourth-order valence-electron chi connectivity index (χ4n) is 2.59. The first-order valence-electron chi connectivity index (χ1n) is 9.14. The molecule has 0 aliphatic carbocycles. The summed E-state index contributed by atoms with van der Waals surface area (Å²) < 4.78 is 12.2. The Kier molecular flexibility index (Phi) is 7.17. The van der Waals surface area contributed by atoms with Gasteiger partial charge in [0.15, 0.2) is 11.5 Å². The summed E-state index contributed by atoms with van der Waals surface area (Å²) in [6, 6.07) is 9.86. The van der Waals surface area contributed by atoms with Crippen LogP contribution in [0.4, 0.5) is 0 Å². The number of methoxy groups -OCH3 is 1. The predicted octanol–water partition coefficient (Wildman–Crippen LogP) is 2.20. The third-order valence-electron chi connectivity index (χ3n) is 4.01. The molecule has 3 aromatic rings. The van der Waals surface area contributed by atoms with E-state index in [0.717, 1.165) is 0 Å². The molecule has 0 spiro atoms. The molecule has 1 heterocycles. The molecule has 0 aliphatic rings. The number of rotatable bonds is 7. The second kappa shape index (κ2) is 10.2. The van der Waals surface area contributed by atoms with Crippen molar-refractivity contribution in [3.63, 3.8) is 0 Å². The number of tetrazole rings is 1. The summed E-state index contributed by atoms with van der Waals surface area (Å²) in [5.41, 5.74) is 6.34. The van der Waals surface area contributed by atoms with Gasteiger partial charge in [-0.05, 0) is 65.4 Å². The van der Waals surface area contributed by atoms with Crippen molar-refractivity contribution in [2.75, 3.05) is 13.7 Å². The lowest BCUT2D eigenvalue weighted by Gasteiger charge is -2.11. The quantitative estimate of drug-likeness (QED) is 0.425. The van der Waals surface area contributed by atoms with Crippen LogP contribution in [0.1, 0.15) is 22.8 Å². The molecule has 2 aromatic carbocycles. The lowest BCUT2D eigenvalue weighted by atomic mass is 10.2. The summed E-state index contributed by atoms with van der Waals surface area (Å²) in [5, 5.41) is 11.2. The zero-order chi connectivity index (χ0) is 22.2. The number of hydrazine groups is 1. The zero-order valence-corrected chi connectivity index (χ0v) is 17.5. The molecular weight excluding hydrogens is 424 g/mol. The number of hydrogen-bond donors (Lipinski definition) is 2. The fourth-order valence-corrected chi connectivity index (χ4v) is 2.89. The molecule has 0 aliphatic heterocycles. The van der Waals surface area contributed by atoms with Gasteiger partial charge in [-0.2, -0.15) is 0 Å². The third kappa shape index (κ3) is 5.58. The van der Waals surface area contributed by atoms with Gasteiger partial charge in [-0.1, -0.05) is 11.6 Å². The van der Waals surface area contributed by atoms with Crippen molar-refractivity contribution >= 4 is 29.5 Å². The normalized spacial score (nSPS) is 10.7. The summed E-state index contributed by atoms with van der Waals surface area (Å²) in [7, 11) is 1.49. The molecule has 2 N–H and O–H groups in total. The lowest BCUT2D eigenvalue weighted by Crippen LogP contribution is -2.40. The molecule has 0 atom stereocenters. The standard InChI is InChI=1S/C20H19ClN6O4/c1-3-31-17-11-13(10-16(21)19(17)30-2)4-9-18(28)23-24-20(29)14-5-7-15(8-6-14)27-12-22-25-26-27/h4-12H,3H2,1-2H3,(H,23,28)(H,24,29)/b9-4+. The number of ether oxygens (including phenoxy) is 2. The van der Waals surface area contributed by atoms with E-state index in [2.05, 4.69) is 26.4 Å². The second-order valence-corrected chi connectivity index (χ2v) is 6.45. The van der Waals surface area contributed by atoms with Gasteiger partial charge in [0.2, 0.25) is 0 Å². The van der Waals surface area contributed by atoms with Crippen LogP contribution in [-0.2, 0) is 4.79 Å². The molecular formula is C20H19ClN6O4. The number of carbonyl (C=O) groups is 2. The van der Waals surface area contributed by atoms with Gasteiger partial charge >= 0.3 is 0 Å². The monoisotopic (exact) mass is 442 g/mol. The van der Waals surface area contributed by atoms with E-state index in [1.807, 2.05) is 6.92 Å². The largest absolute Gasteiger partial charge is 0.491 e. The van der Waals surface area contributed by atoms with Gasteiger partial charge in [-0.3, -0.25) is 20.4 Å². The average molecular weight is 443 g/mol. The molecule has 0 bridgehead atoms. The van der Waals surface area contributed by atoms with Gasteiger partial charge in [-0.15, -0.1) is 5.10 Å². The van der Waals surface area contributed by atoms with E-state index in [1.54, 1.807) is 36.4 Å². The van der Waals surface area contributed by atoms with Gasteiger partial charge in [0, 0.05) is 11.6 Å². The van der Waals surface area contributed by atoms with Gasteiger partial charge in [0.05, 0.1) is 24.4 Å². The van der Waals surface area contributed by atoms with E-state index >= 15 is 0 Å². The van der Waals surface area contributed by atoms with E-state index in [9.17, 15) is 9.59 Å². The van der Waals surface area contributed by atoms with E-state index < -0.39 is 11.8 Å². The van der Waals surface area contributed by atoms with Crippen molar-refractivity contribution in [2.45, 2.75) is 6.92 Å². The number of hydrogen-bond acceptors (Lipinski definition) is 7. The number of nitrogens with zero attached hydrogens (tertiary/aromatic N) is 4. The molecule has 3 rings (SSSR count). The fraction of sp³-hybridized carbons (Fsp3) is 0.150. The number of amides is 2. The SMILES string of the molecule is CCOc1cc(/C=C/C(=O)NNC(=O)c2ccc(-n3cnnn3)cc2)cc(Cl)c1OC. The van der Waals surface area contributed by atoms with Crippen LogP contribution in [0.3, 0.4) is 0 Å². The molecule has 0 radical (unpaired) electrons. The van der Waals surface area contributed by atoms with Crippen LogP contribution in [0.25, 0.3) is 11.8 Å². The molecule has 2 amide bonds. The Morgan fingerprint density at radius 1 is 1.19 bits per heavy atom. The van der Waals surface area contributed by atoms with Crippen LogP contribution in [0.2, 0.25) is 5.02 Å². The summed E-state index contributed by atoms with van der Waals surface area (Å²) in [6.45, 7) is 2.27. The van der Waals surface area contributed by atoms with Crippen molar-refractivity contribution < 1.29 is 19.1 Å². The molecule has 0 fully saturated rings. The van der Waals surface area contributed by atoms with Crippen LogP contribution in [0.15, 0.2) is 48.8 Å². The first-order valence-corrected chi connectivity index (χ1v) is 9.51. The number of benzene rings is 2. The van der Waals surface area contributed by atoms with E-state index in [1.165, 1.54) is 30.3 Å². The average Bonchev–Trinajstić information content (AvgIpc) is 3.31. The Labute approximate surface area is 182 Å². The molecule has 11 heteroatoms. The highest BCUT2D eigenvalue weighted by molar-refractivity contribution is 6.32. The smallest absolute Gasteiger partial charge is 0.269 e. The number of nitrogens with one attached hydrogen (secondary N) is 2. The maximum absolute atomic E-state index is 12.2. The highest BCUT2D eigenvalue weighted by Gasteiger charge is 2.11. The lowest BCUT2D eigenvalue weighted by molar-refractivity contribution is -0.117. The van der Waals surface area contributed by atoms with E-state index in [0.29, 0.717) is 39.9 Å². The van der Waals surface area contributed by atoms with Gasteiger partial charge < -0.3 is 9.47 Å². The summed E-state index contributed by atoms with van der Waals surface area (Å²) in [6.07, 6.45) is 4.24. The first kappa shape index (κ1) is 21.8. The first-order chi connectivity index (χ1) is 15.0. The maximum atomic E-state index is 12.2. The van der Waals surface area contributed by atoms with Crippen molar-refractivity contribution in [3.8, 4) is 17.2 Å². The third-order valence-corrected chi connectivity index (χ3v) is 4.29. The predicted molar refractivity (Wildman–Crippen MR) is 113 cm³/mol. The molecule has 0 saturated carbocycles. The van der Waals surface area contributed by atoms with Crippen LogP contribution in [0.5, 0.6) is 11.5 Å². The van der Waals surface area contributed by atoms with Gasteiger partial charge in [0.1, 0.15) is 6.33 Å². The van der Waals surface area contributed by atoms with Crippen LogP contribution in [-0.4, -0.2) is 45.7 Å². The number of aromatic nitrogens is 4. The minimum Gasteiger partial charge on any atom is -0.491 e. The minimum absolute atomic E-state index is 0.351. The zero-order valence-electron chi connectivity index (χ0n) is 16.7. The highest BCUT2D eigenvalue weighted by Crippen LogP contribution is 2.36. The molecule has 0 unspecified atom stereocenters. The summed E-state index contributed by atoms with van der Waals surface area (Å²) in [5.74, 6) is -0.112. The minimum atomic E-state index is -0.524. The number of carbonyl (C=O) groups excluding carboxylic acids is 2. The summed E-state index contributed by atoms with van der Waals surface area (Å²) in [4.78, 5) is 24.3.